The maximum absolute atomic E-state index is 13.0. The lowest BCUT2D eigenvalue weighted by molar-refractivity contribution is -0.145. The van der Waals surface area contributed by atoms with Gasteiger partial charge in [0.05, 0.1) is 11.8 Å². The van der Waals surface area contributed by atoms with Crippen LogP contribution >= 0.6 is 0 Å². The minimum Gasteiger partial charge on any atom is -0.462 e. The van der Waals surface area contributed by atoms with Gasteiger partial charge in [-0.05, 0) is 62.4 Å². The van der Waals surface area contributed by atoms with E-state index in [-0.39, 0.29) is 47.6 Å². The number of esters is 1. The molecular weight excluding hydrogens is 380 g/mol. The first-order valence-corrected chi connectivity index (χ1v) is 10.4. The van der Waals surface area contributed by atoms with Gasteiger partial charge in [-0.15, -0.1) is 0 Å². The number of hydrogen-bond donors (Lipinski definition) is 2. The zero-order valence-corrected chi connectivity index (χ0v) is 17.0. The quantitative estimate of drug-likeness (QED) is 0.761. The molecule has 2 amide bonds. The molecule has 1 aliphatic heterocycles. The number of anilines is 2. The summed E-state index contributed by atoms with van der Waals surface area (Å²) in [6, 6.07) is 12.7. The number of ether oxygens (including phenoxy) is 1. The molecule has 0 unspecified atom stereocenters. The minimum atomic E-state index is -0.339. The van der Waals surface area contributed by atoms with Crippen molar-refractivity contribution in [3.8, 4) is 0 Å². The third kappa shape index (κ3) is 3.07. The lowest BCUT2D eigenvalue weighted by Crippen LogP contribution is -2.35. The zero-order valence-electron chi connectivity index (χ0n) is 17.0. The van der Waals surface area contributed by atoms with Gasteiger partial charge in [-0.3, -0.25) is 14.4 Å². The Labute approximate surface area is 175 Å². The van der Waals surface area contributed by atoms with Crippen LogP contribution in [0.3, 0.4) is 0 Å². The Morgan fingerprint density at radius 1 is 1.03 bits per heavy atom. The van der Waals surface area contributed by atoms with E-state index in [1.165, 1.54) is 0 Å². The number of benzene rings is 2. The van der Waals surface area contributed by atoms with Crippen LogP contribution in [-0.2, 0) is 14.3 Å². The van der Waals surface area contributed by atoms with Crippen molar-refractivity contribution in [1.29, 1.82) is 0 Å². The van der Waals surface area contributed by atoms with Crippen LogP contribution in [0.1, 0.15) is 34.3 Å². The fraction of sp³-hybridized carbons (Fsp3) is 0.375. The molecule has 2 aromatic carbocycles. The Bertz CT molecular complexity index is 1060. The van der Waals surface area contributed by atoms with Crippen molar-refractivity contribution < 1.29 is 19.1 Å². The molecule has 1 heterocycles. The molecule has 154 valence electrons. The van der Waals surface area contributed by atoms with Gasteiger partial charge >= 0.3 is 5.97 Å². The number of amides is 2. The Hall–Kier alpha value is -3.15. The van der Waals surface area contributed by atoms with E-state index in [2.05, 4.69) is 10.6 Å². The van der Waals surface area contributed by atoms with Crippen LogP contribution < -0.4 is 10.6 Å². The summed E-state index contributed by atoms with van der Waals surface area (Å²) in [6.07, 6.45) is 1.68. The van der Waals surface area contributed by atoms with Gasteiger partial charge in [-0.2, -0.15) is 0 Å². The van der Waals surface area contributed by atoms with Crippen molar-refractivity contribution in [3.05, 3.63) is 59.2 Å². The lowest BCUT2D eigenvalue weighted by atomic mass is 9.79. The average Bonchev–Trinajstić information content (AvgIpc) is 3.33. The van der Waals surface area contributed by atoms with Gasteiger partial charge < -0.3 is 15.4 Å². The van der Waals surface area contributed by atoms with Gasteiger partial charge in [0.15, 0.2) is 0 Å². The molecule has 3 fully saturated rings. The normalized spacial score (nSPS) is 28.3. The predicted octanol–water partition coefficient (Wildman–Crippen LogP) is 3.69. The van der Waals surface area contributed by atoms with E-state index in [9.17, 15) is 14.4 Å². The molecule has 1 saturated heterocycles. The fourth-order valence-corrected chi connectivity index (χ4v) is 5.48. The van der Waals surface area contributed by atoms with Gasteiger partial charge in [0.1, 0.15) is 6.10 Å². The van der Waals surface area contributed by atoms with Crippen LogP contribution in [-0.4, -0.2) is 23.9 Å². The lowest BCUT2D eigenvalue weighted by Gasteiger charge is -2.23. The smallest absolute Gasteiger partial charge is 0.310 e. The van der Waals surface area contributed by atoms with Crippen molar-refractivity contribution in [2.75, 3.05) is 10.6 Å². The molecule has 6 heteroatoms. The van der Waals surface area contributed by atoms with E-state index in [4.69, 9.17) is 4.74 Å². The second-order valence-corrected chi connectivity index (χ2v) is 8.76. The van der Waals surface area contributed by atoms with Crippen molar-refractivity contribution >= 4 is 29.2 Å². The summed E-state index contributed by atoms with van der Waals surface area (Å²) in [5.41, 5.74) is 3.90. The molecule has 5 atom stereocenters. The topological polar surface area (TPSA) is 84.5 Å². The number of fused-ring (bicyclic) bond motifs is 1. The molecule has 2 aromatic rings. The van der Waals surface area contributed by atoms with E-state index in [0.717, 1.165) is 29.7 Å². The van der Waals surface area contributed by atoms with Crippen LogP contribution in [0.25, 0.3) is 0 Å². The highest BCUT2D eigenvalue weighted by Crippen LogP contribution is 2.57. The summed E-state index contributed by atoms with van der Waals surface area (Å²) >= 11 is 0. The third-order valence-electron chi connectivity index (χ3n) is 6.81. The maximum Gasteiger partial charge on any atom is 0.310 e. The molecule has 2 aliphatic carbocycles. The highest BCUT2D eigenvalue weighted by molar-refractivity contribution is 6.06. The molecule has 2 N–H and O–H groups in total. The Kier molecular flexibility index (Phi) is 4.38. The van der Waals surface area contributed by atoms with Gasteiger partial charge in [0.25, 0.3) is 5.91 Å². The monoisotopic (exact) mass is 404 g/mol. The van der Waals surface area contributed by atoms with Crippen LogP contribution in [0.4, 0.5) is 11.4 Å². The molecule has 30 heavy (non-hydrogen) atoms. The Morgan fingerprint density at radius 2 is 1.87 bits per heavy atom. The molecule has 0 radical (unpaired) electrons. The second-order valence-electron chi connectivity index (χ2n) is 8.76. The van der Waals surface area contributed by atoms with E-state index in [1.54, 1.807) is 24.3 Å². The van der Waals surface area contributed by atoms with Crippen molar-refractivity contribution in [1.82, 2.24) is 0 Å². The largest absolute Gasteiger partial charge is 0.462 e. The number of carbonyl (C=O) groups excluding carboxylic acids is 3. The standard InChI is InChI=1S/C24H24N2O4/c1-12-6-7-18(13(2)8-12)26-22(27)14-4-3-5-16(9-14)25-23(28)20-15-10-17-19(11-15)30-24(29)21(17)20/h3-9,15,17,19-21H,10-11H2,1-2H3,(H,25,28)(H,26,27)/t15-,17+,19-,20-,21-/m1/s1. The first-order chi connectivity index (χ1) is 14.4. The first kappa shape index (κ1) is 18.9. The second kappa shape index (κ2) is 6.97. The average molecular weight is 404 g/mol. The molecule has 6 nitrogen and oxygen atoms in total. The SMILES string of the molecule is Cc1ccc(NC(=O)c2cccc(NC(=O)[C@@H]3[C@@H]4C[C@@H]5[C@H]3C(=O)O[C@@H]5C4)c2)c(C)c1. The van der Waals surface area contributed by atoms with E-state index in [1.807, 2.05) is 32.0 Å². The van der Waals surface area contributed by atoms with Gasteiger partial charge in [-0.1, -0.05) is 23.8 Å². The maximum atomic E-state index is 13.0. The summed E-state index contributed by atoms with van der Waals surface area (Å²) in [5, 5.41) is 5.85. The number of hydrogen-bond acceptors (Lipinski definition) is 4. The molecular formula is C24H24N2O4. The molecule has 2 bridgehead atoms. The number of aryl methyl sites for hydroxylation is 2. The van der Waals surface area contributed by atoms with Gasteiger partial charge in [-0.25, -0.2) is 0 Å². The Balaban J connectivity index is 1.30. The summed E-state index contributed by atoms with van der Waals surface area (Å²) in [7, 11) is 0. The first-order valence-electron chi connectivity index (χ1n) is 10.4. The summed E-state index contributed by atoms with van der Waals surface area (Å²) in [5.74, 6) is -0.886. The number of nitrogens with one attached hydrogen (secondary N) is 2. The predicted molar refractivity (Wildman–Crippen MR) is 112 cm³/mol. The summed E-state index contributed by atoms with van der Waals surface area (Å²) in [4.78, 5) is 37.8. The molecule has 0 spiro atoms. The summed E-state index contributed by atoms with van der Waals surface area (Å²) < 4.78 is 5.42. The van der Waals surface area contributed by atoms with Crippen LogP contribution in [0.2, 0.25) is 0 Å². The van der Waals surface area contributed by atoms with E-state index < -0.39 is 0 Å². The van der Waals surface area contributed by atoms with Crippen molar-refractivity contribution in [3.63, 3.8) is 0 Å². The number of rotatable bonds is 4. The van der Waals surface area contributed by atoms with Crippen LogP contribution in [0.15, 0.2) is 42.5 Å². The van der Waals surface area contributed by atoms with Gasteiger partial charge in [0, 0.05) is 22.9 Å². The van der Waals surface area contributed by atoms with Crippen LogP contribution in [0.5, 0.6) is 0 Å². The number of carbonyl (C=O) groups is 3. The highest BCUT2D eigenvalue weighted by Gasteiger charge is 2.63. The fourth-order valence-electron chi connectivity index (χ4n) is 5.48. The van der Waals surface area contributed by atoms with E-state index in [0.29, 0.717) is 11.3 Å². The third-order valence-corrected chi connectivity index (χ3v) is 6.81. The minimum absolute atomic E-state index is 0.00815. The van der Waals surface area contributed by atoms with Crippen molar-refractivity contribution in [2.45, 2.75) is 32.8 Å². The molecule has 5 rings (SSSR count). The van der Waals surface area contributed by atoms with Crippen LogP contribution in [0, 0.1) is 37.5 Å². The van der Waals surface area contributed by atoms with Gasteiger partial charge in [0.2, 0.25) is 5.91 Å². The zero-order chi connectivity index (χ0) is 21.0. The molecule has 2 saturated carbocycles. The van der Waals surface area contributed by atoms with Crippen molar-refractivity contribution in [2.24, 2.45) is 23.7 Å². The van der Waals surface area contributed by atoms with E-state index >= 15 is 0 Å². The Morgan fingerprint density at radius 3 is 2.67 bits per heavy atom. The molecule has 3 aliphatic rings. The molecule has 0 aromatic heterocycles. The summed E-state index contributed by atoms with van der Waals surface area (Å²) in [6.45, 7) is 3.96. The highest BCUT2D eigenvalue weighted by atomic mass is 16.6.